The van der Waals surface area contributed by atoms with Crippen molar-refractivity contribution in [2.45, 2.75) is 31.6 Å². The zero-order chi connectivity index (χ0) is 23.6. The fourth-order valence-electron chi connectivity index (χ4n) is 2.98. The number of nitrogens with zero attached hydrogens (tertiary/aromatic N) is 1. The molecule has 0 fully saturated rings. The van der Waals surface area contributed by atoms with Gasteiger partial charge in [-0.05, 0) is 54.6 Å². The minimum Gasteiger partial charge on any atom is -0.455 e. The second kappa shape index (κ2) is 12.0. The fraction of sp³-hybridized carbons (Fsp3) is 0.192. The molecule has 0 atom stereocenters. The summed E-state index contributed by atoms with van der Waals surface area (Å²) in [6, 6.07) is 18.9. The molecule has 0 spiro atoms. The van der Waals surface area contributed by atoms with Crippen molar-refractivity contribution in [3.05, 3.63) is 78.1 Å². The Bertz CT molecular complexity index is 1150. The molecule has 170 valence electrons. The van der Waals surface area contributed by atoms with Gasteiger partial charge in [0.2, 0.25) is 5.91 Å². The van der Waals surface area contributed by atoms with E-state index in [0.717, 1.165) is 11.3 Å². The number of anilines is 1. The van der Waals surface area contributed by atoms with Gasteiger partial charge < -0.3 is 15.5 Å². The average molecular weight is 464 g/mol. The normalized spacial score (nSPS) is 10.9. The van der Waals surface area contributed by atoms with Crippen LogP contribution in [0.4, 0.5) is 15.8 Å². The van der Waals surface area contributed by atoms with Crippen LogP contribution in [0, 0.1) is 11.2 Å². The Morgan fingerprint density at radius 1 is 1.15 bits per heavy atom. The van der Waals surface area contributed by atoms with Crippen LogP contribution in [0.25, 0.3) is 0 Å². The number of thioether (sulfide) groups is 1. The molecule has 0 aromatic heterocycles. The Morgan fingerprint density at radius 3 is 2.64 bits per heavy atom. The van der Waals surface area contributed by atoms with E-state index in [1.54, 1.807) is 55.2 Å². The third kappa shape index (κ3) is 7.88. The first-order valence-electron chi connectivity index (χ1n) is 10.6. The molecule has 33 heavy (non-hydrogen) atoms. The van der Waals surface area contributed by atoms with E-state index in [1.165, 1.54) is 17.0 Å². The summed E-state index contributed by atoms with van der Waals surface area (Å²) in [6.07, 6.45) is 2.28. The molecular weight excluding hydrogens is 437 g/mol. The number of hydrogen-bond acceptors (Lipinski definition) is 5. The second-order valence-corrected chi connectivity index (χ2v) is 8.68. The van der Waals surface area contributed by atoms with Crippen molar-refractivity contribution >= 4 is 41.0 Å². The number of carbonyl (C=O) groups excluding carboxylic acids is 1. The highest BCUT2D eigenvalue weighted by molar-refractivity contribution is 7.99. The predicted octanol–water partition coefficient (Wildman–Crippen LogP) is 7.04. The van der Waals surface area contributed by atoms with Crippen LogP contribution in [0.15, 0.2) is 76.6 Å². The Hall–Kier alpha value is -3.45. The molecule has 0 saturated carbocycles. The van der Waals surface area contributed by atoms with E-state index in [1.807, 2.05) is 24.3 Å². The molecule has 0 radical (unpaired) electrons. The lowest BCUT2D eigenvalue weighted by atomic mass is 10.1. The van der Waals surface area contributed by atoms with E-state index in [4.69, 9.17) is 10.1 Å². The molecule has 0 aliphatic carbocycles. The highest BCUT2D eigenvalue weighted by Crippen LogP contribution is 2.34. The maximum absolute atomic E-state index is 13.6. The molecule has 7 heteroatoms. The van der Waals surface area contributed by atoms with Gasteiger partial charge in [-0.15, -0.1) is 11.8 Å². The summed E-state index contributed by atoms with van der Waals surface area (Å²) in [5, 5.41) is 10.4. The van der Waals surface area contributed by atoms with Crippen LogP contribution < -0.4 is 10.1 Å². The van der Waals surface area contributed by atoms with Crippen molar-refractivity contribution in [1.29, 1.82) is 5.41 Å². The number of hydrogen-bond donors (Lipinski definition) is 2. The van der Waals surface area contributed by atoms with Gasteiger partial charge in [0.1, 0.15) is 17.3 Å². The molecule has 2 N–H and O–H groups in total. The largest absolute Gasteiger partial charge is 0.455 e. The second-order valence-electron chi connectivity index (χ2n) is 7.34. The lowest BCUT2D eigenvalue weighted by Crippen LogP contribution is -2.14. The molecule has 3 aromatic rings. The molecule has 0 heterocycles. The first-order chi connectivity index (χ1) is 15.9. The number of nitrogens with one attached hydrogen (secondary N) is 2. The lowest BCUT2D eigenvalue weighted by Gasteiger charge is -2.12. The van der Waals surface area contributed by atoms with Gasteiger partial charge in [0.25, 0.3) is 0 Å². The van der Waals surface area contributed by atoms with E-state index in [0.29, 0.717) is 35.0 Å². The molecule has 0 aliphatic rings. The summed E-state index contributed by atoms with van der Waals surface area (Å²) in [7, 11) is 0. The van der Waals surface area contributed by atoms with Crippen molar-refractivity contribution in [2.24, 2.45) is 4.99 Å². The summed E-state index contributed by atoms with van der Waals surface area (Å²) in [5.74, 6) is 1.13. The number of aliphatic imine (C=N–C) groups is 1. The molecule has 0 saturated heterocycles. The first kappa shape index (κ1) is 24.2. The number of carbonyl (C=O) groups is 1. The fourth-order valence-corrected chi connectivity index (χ4v) is 3.64. The summed E-state index contributed by atoms with van der Waals surface area (Å²) < 4.78 is 19.5. The SMILES string of the molecule is CCSc1ccc(CC(=O)Nc2ccc(N=CCC(C)=N)c(Oc3cccc(F)c3)c2)cc1. The smallest absolute Gasteiger partial charge is 0.228 e. The molecule has 0 unspecified atom stereocenters. The molecule has 5 nitrogen and oxygen atoms in total. The monoisotopic (exact) mass is 463 g/mol. The number of amides is 1. The summed E-state index contributed by atoms with van der Waals surface area (Å²) in [6.45, 7) is 3.80. The van der Waals surface area contributed by atoms with Gasteiger partial charge in [-0.2, -0.15) is 0 Å². The quantitative estimate of drug-likeness (QED) is 0.250. The molecular formula is C26H26FN3O2S. The van der Waals surface area contributed by atoms with Gasteiger partial charge in [0, 0.05) is 41.1 Å². The van der Waals surface area contributed by atoms with Crippen LogP contribution in [0.2, 0.25) is 0 Å². The number of benzene rings is 3. The van der Waals surface area contributed by atoms with E-state index >= 15 is 0 Å². The Morgan fingerprint density at radius 2 is 1.94 bits per heavy atom. The van der Waals surface area contributed by atoms with Gasteiger partial charge in [-0.3, -0.25) is 9.79 Å². The number of rotatable bonds is 10. The summed E-state index contributed by atoms with van der Waals surface area (Å²) in [4.78, 5) is 18.1. The maximum Gasteiger partial charge on any atom is 0.228 e. The Labute approximate surface area is 197 Å². The maximum atomic E-state index is 13.6. The molecule has 3 aromatic carbocycles. The standard InChI is InChI=1S/C26H26FN3O2S/c1-3-33-23-10-7-19(8-11-23)15-26(31)30-21-9-12-24(29-14-13-18(2)28)25(17-21)32-22-6-4-5-20(27)16-22/h4-12,14,16-17,28H,3,13,15H2,1-2H3,(H,30,31). The minimum absolute atomic E-state index is 0.154. The van der Waals surface area contributed by atoms with Crippen molar-refractivity contribution in [3.63, 3.8) is 0 Å². The van der Waals surface area contributed by atoms with Crippen LogP contribution in [-0.2, 0) is 11.2 Å². The summed E-state index contributed by atoms with van der Waals surface area (Å²) in [5.41, 5.74) is 2.47. The zero-order valence-electron chi connectivity index (χ0n) is 18.6. The highest BCUT2D eigenvalue weighted by Gasteiger charge is 2.10. The minimum atomic E-state index is -0.412. The van der Waals surface area contributed by atoms with E-state index < -0.39 is 5.82 Å². The summed E-state index contributed by atoms with van der Waals surface area (Å²) >= 11 is 1.76. The van der Waals surface area contributed by atoms with Gasteiger partial charge in [0.05, 0.1) is 6.42 Å². The van der Waals surface area contributed by atoms with Crippen LogP contribution >= 0.6 is 11.8 Å². The Balaban J connectivity index is 1.76. The van der Waals surface area contributed by atoms with Gasteiger partial charge in [-0.1, -0.05) is 25.1 Å². The average Bonchev–Trinajstić information content (AvgIpc) is 2.76. The van der Waals surface area contributed by atoms with Gasteiger partial charge in [0.15, 0.2) is 5.75 Å². The lowest BCUT2D eigenvalue weighted by molar-refractivity contribution is -0.115. The van der Waals surface area contributed by atoms with E-state index in [-0.39, 0.29) is 12.3 Å². The number of halogens is 1. The van der Waals surface area contributed by atoms with Gasteiger partial charge >= 0.3 is 0 Å². The van der Waals surface area contributed by atoms with Crippen molar-refractivity contribution in [2.75, 3.05) is 11.1 Å². The van der Waals surface area contributed by atoms with Crippen LogP contribution in [-0.4, -0.2) is 23.6 Å². The van der Waals surface area contributed by atoms with Crippen molar-refractivity contribution in [1.82, 2.24) is 0 Å². The van der Waals surface area contributed by atoms with E-state index in [2.05, 4.69) is 17.2 Å². The van der Waals surface area contributed by atoms with Crippen molar-refractivity contribution in [3.8, 4) is 11.5 Å². The Kier molecular flexibility index (Phi) is 8.78. The van der Waals surface area contributed by atoms with Crippen LogP contribution in [0.5, 0.6) is 11.5 Å². The molecule has 1 amide bonds. The van der Waals surface area contributed by atoms with Crippen LogP contribution in [0.3, 0.4) is 0 Å². The third-order valence-corrected chi connectivity index (χ3v) is 5.39. The van der Waals surface area contributed by atoms with Crippen LogP contribution in [0.1, 0.15) is 25.8 Å². The third-order valence-electron chi connectivity index (χ3n) is 4.49. The van der Waals surface area contributed by atoms with Gasteiger partial charge in [-0.25, -0.2) is 4.39 Å². The van der Waals surface area contributed by atoms with Crippen molar-refractivity contribution < 1.29 is 13.9 Å². The zero-order valence-corrected chi connectivity index (χ0v) is 19.4. The molecule has 3 rings (SSSR count). The number of ether oxygens (including phenoxy) is 1. The highest BCUT2D eigenvalue weighted by atomic mass is 32.2. The molecule has 0 aliphatic heterocycles. The molecule has 0 bridgehead atoms. The predicted molar refractivity (Wildman–Crippen MR) is 134 cm³/mol. The topological polar surface area (TPSA) is 74.5 Å². The van der Waals surface area contributed by atoms with E-state index in [9.17, 15) is 9.18 Å². The first-order valence-corrected chi connectivity index (χ1v) is 11.6.